The predicted octanol–water partition coefficient (Wildman–Crippen LogP) is -0.541. The van der Waals surface area contributed by atoms with Gasteiger partial charge >= 0.3 is 0 Å². The molecule has 1 aromatic rings. The highest BCUT2D eigenvalue weighted by Crippen LogP contribution is 2.14. The third kappa shape index (κ3) is 10.3. The SMILES string of the molecule is CCC1NC(=O)[C@H](CCCNC(N)=NC)NC(=O)[C@@](C)(NC(=O)C(C)C)CCNC(=O)C(Cc2ccccc2)NC1=O. The smallest absolute Gasteiger partial charge is 0.246 e. The summed E-state index contributed by atoms with van der Waals surface area (Å²) in [6, 6.07) is 6.37. The van der Waals surface area contributed by atoms with E-state index in [1.54, 1.807) is 34.7 Å². The number of rotatable bonds is 9. The van der Waals surface area contributed by atoms with Crippen LogP contribution in [0.3, 0.4) is 0 Å². The van der Waals surface area contributed by atoms with Gasteiger partial charge < -0.3 is 37.6 Å². The first-order valence-electron chi connectivity index (χ1n) is 14.4. The molecular weight excluding hydrogens is 540 g/mol. The van der Waals surface area contributed by atoms with E-state index in [0.717, 1.165) is 5.56 Å². The van der Waals surface area contributed by atoms with Gasteiger partial charge in [0.2, 0.25) is 29.5 Å². The van der Waals surface area contributed by atoms with E-state index in [0.29, 0.717) is 13.0 Å². The molecule has 1 aliphatic rings. The molecule has 0 aliphatic carbocycles. The van der Waals surface area contributed by atoms with E-state index in [2.05, 4.69) is 36.9 Å². The Bertz CT molecular complexity index is 1130. The van der Waals surface area contributed by atoms with Crippen molar-refractivity contribution in [3.05, 3.63) is 35.9 Å². The van der Waals surface area contributed by atoms with E-state index in [1.807, 2.05) is 30.3 Å². The van der Waals surface area contributed by atoms with Crippen molar-refractivity contribution in [3.63, 3.8) is 0 Å². The average molecular weight is 587 g/mol. The maximum absolute atomic E-state index is 13.7. The summed E-state index contributed by atoms with van der Waals surface area (Å²) < 4.78 is 0. The Morgan fingerprint density at radius 3 is 2.29 bits per heavy atom. The molecule has 2 unspecified atom stereocenters. The molecule has 1 fully saturated rings. The zero-order chi connectivity index (χ0) is 31.3. The molecule has 0 aromatic heterocycles. The number of nitrogens with zero attached hydrogens (tertiary/aromatic N) is 1. The number of nitrogens with one attached hydrogen (secondary N) is 6. The highest BCUT2D eigenvalue weighted by molar-refractivity contribution is 5.97. The van der Waals surface area contributed by atoms with Crippen LogP contribution in [0.25, 0.3) is 0 Å². The molecule has 0 bridgehead atoms. The van der Waals surface area contributed by atoms with Gasteiger partial charge in [0, 0.05) is 32.5 Å². The van der Waals surface area contributed by atoms with E-state index < -0.39 is 53.2 Å². The van der Waals surface area contributed by atoms with Crippen LogP contribution in [-0.4, -0.2) is 79.3 Å². The fourth-order valence-electron chi connectivity index (χ4n) is 4.35. The molecule has 13 heteroatoms. The topological polar surface area (TPSA) is 196 Å². The van der Waals surface area contributed by atoms with Crippen molar-refractivity contribution in [1.29, 1.82) is 0 Å². The van der Waals surface area contributed by atoms with Gasteiger partial charge in [0.15, 0.2) is 5.96 Å². The molecule has 1 aromatic carbocycles. The van der Waals surface area contributed by atoms with E-state index in [-0.39, 0.29) is 44.1 Å². The summed E-state index contributed by atoms with van der Waals surface area (Å²) in [6.07, 6.45) is 1.20. The van der Waals surface area contributed by atoms with Crippen LogP contribution in [0.2, 0.25) is 0 Å². The van der Waals surface area contributed by atoms with Gasteiger partial charge in [0.1, 0.15) is 23.7 Å². The van der Waals surface area contributed by atoms with E-state index in [4.69, 9.17) is 5.73 Å². The lowest BCUT2D eigenvalue weighted by atomic mass is 9.94. The first kappa shape index (κ1) is 34.0. The number of nitrogens with two attached hydrogens (primary N) is 1. The Morgan fingerprint density at radius 1 is 1.02 bits per heavy atom. The summed E-state index contributed by atoms with van der Waals surface area (Å²) in [5.74, 6) is -2.59. The summed E-state index contributed by atoms with van der Waals surface area (Å²) in [5.41, 5.74) is 5.09. The van der Waals surface area contributed by atoms with E-state index in [1.165, 1.54) is 0 Å². The second-order valence-electron chi connectivity index (χ2n) is 10.9. The quantitative estimate of drug-likeness (QED) is 0.115. The second-order valence-corrected chi connectivity index (χ2v) is 10.9. The van der Waals surface area contributed by atoms with Crippen LogP contribution in [-0.2, 0) is 30.4 Å². The molecule has 1 saturated heterocycles. The average Bonchev–Trinajstić information content (AvgIpc) is 2.96. The predicted molar refractivity (Wildman–Crippen MR) is 160 cm³/mol. The van der Waals surface area contributed by atoms with Gasteiger partial charge in [-0.3, -0.25) is 29.0 Å². The van der Waals surface area contributed by atoms with Gasteiger partial charge in [-0.15, -0.1) is 0 Å². The lowest BCUT2D eigenvalue weighted by molar-refractivity contribution is -0.138. The summed E-state index contributed by atoms with van der Waals surface area (Å²) in [7, 11) is 1.54. The van der Waals surface area contributed by atoms with Crippen LogP contribution >= 0.6 is 0 Å². The molecule has 0 saturated carbocycles. The molecule has 8 N–H and O–H groups in total. The minimum absolute atomic E-state index is 0.0376. The van der Waals surface area contributed by atoms with Crippen LogP contribution < -0.4 is 37.6 Å². The molecule has 4 atom stereocenters. The molecule has 1 aliphatic heterocycles. The van der Waals surface area contributed by atoms with E-state index in [9.17, 15) is 24.0 Å². The Balaban J connectivity index is 2.40. The summed E-state index contributed by atoms with van der Waals surface area (Å²) in [4.78, 5) is 70.2. The highest BCUT2D eigenvalue weighted by Gasteiger charge is 2.38. The Kier molecular flexibility index (Phi) is 13.2. The maximum Gasteiger partial charge on any atom is 0.246 e. The molecule has 42 heavy (non-hydrogen) atoms. The van der Waals surface area contributed by atoms with Crippen molar-refractivity contribution >= 4 is 35.5 Å². The monoisotopic (exact) mass is 586 g/mol. The largest absolute Gasteiger partial charge is 0.370 e. The van der Waals surface area contributed by atoms with Crippen LogP contribution in [0, 0.1) is 5.92 Å². The van der Waals surface area contributed by atoms with Gasteiger partial charge in [-0.05, 0) is 38.2 Å². The van der Waals surface area contributed by atoms with Gasteiger partial charge in [-0.25, -0.2) is 0 Å². The van der Waals surface area contributed by atoms with Crippen molar-refractivity contribution < 1.29 is 24.0 Å². The van der Waals surface area contributed by atoms with Gasteiger partial charge in [0.25, 0.3) is 0 Å². The van der Waals surface area contributed by atoms with Gasteiger partial charge in [0.05, 0.1) is 0 Å². The zero-order valence-electron chi connectivity index (χ0n) is 25.2. The van der Waals surface area contributed by atoms with Crippen molar-refractivity contribution in [2.75, 3.05) is 20.1 Å². The number of aliphatic imine (C=N–C) groups is 1. The number of carbonyl (C=O) groups is 5. The fraction of sp³-hybridized carbons (Fsp3) is 0.586. The van der Waals surface area contributed by atoms with Crippen LogP contribution in [0.5, 0.6) is 0 Å². The normalized spacial score (nSPS) is 24.5. The molecule has 2 rings (SSSR count). The van der Waals surface area contributed by atoms with Crippen molar-refractivity contribution in [2.45, 2.75) is 83.5 Å². The lowest BCUT2D eigenvalue weighted by Gasteiger charge is -2.33. The zero-order valence-corrected chi connectivity index (χ0v) is 25.2. The third-order valence-electron chi connectivity index (χ3n) is 7.14. The minimum Gasteiger partial charge on any atom is -0.370 e. The Morgan fingerprint density at radius 2 is 1.67 bits per heavy atom. The van der Waals surface area contributed by atoms with Crippen LogP contribution in [0.4, 0.5) is 0 Å². The first-order valence-corrected chi connectivity index (χ1v) is 14.4. The third-order valence-corrected chi connectivity index (χ3v) is 7.14. The number of amides is 5. The van der Waals surface area contributed by atoms with E-state index >= 15 is 0 Å². The molecule has 13 nitrogen and oxygen atoms in total. The number of benzene rings is 1. The maximum atomic E-state index is 13.7. The number of hydrogen-bond donors (Lipinski definition) is 7. The lowest BCUT2D eigenvalue weighted by Crippen LogP contribution is -2.63. The molecular formula is C29H46N8O5. The standard InChI is InChI=1S/C29H46N8O5/c1-6-20-25(40)35-22(17-19-11-8-7-9-12-19)24(39)32-16-14-29(4,37-23(38)18(2)3)27(42)36-21(26(41)34-20)13-10-15-33-28(30)31-5/h7-9,11-12,18,20-22H,6,10,13-17H2,1-5H3,(H,32,39)(H,34,41)(H,35,40)(H,36,42)(H,37,38)(H3,30,31,33)/t20?,21-,22?,29-/m0/s1. The summed E-state index contributed by atoms with van der Waals surface area (Å²) in [6.45, 7) is 7.15. The van der Waals surface area contributed by atoms with Gasteiger partial charge in [-0.2, -0.15) is 0 Å². The molecule has 0 spiro atoms. The number of guanidine groups is 1. The number of hydrogen-bond acceptors (Lipinski definition) is 6. The Labute approximate surface area is 247 Å². The van der Waals surface area contributed by atoms with Crippen molar-refractivity contribution in [3.8, 4) is 0 Å². The van der Waals surface area contributed by atoms with Gasteiger partial charge in [-0.1, -0.05) is 51.1 Å². The fourth-order valence-corrected chi connectivity index (χ4v) is 4.35. The highest BCUT2D eigenvalue weighted by atomic mass is 16.2. The van der Waals surface area contributed by atoms with Crippen molar-refractivity contribution in [1.82, 2.24) is 31.9 Å². The Hall–Kier alpha value is -4.16. The summed E-state index contributed by atoms with van der Waals surface area (Å²) in [5, 5.41) is 16.8. The second kappa shape index (κ2) is 16.3. The molecule has 0 radical (unpaired) electrons. The first-order chi connectivity index (χ1) is 19.9. The van der Waals surface area contributed by atoms with Crippen LogP contribution in [0.1, 0.15) is 58.9 Å². The molecule has 5 amide bonds. The van der Waals surface area contributed by atoms with Crippen molar-refractivity contribution in [2.24, 2.45) is 16.6 Å². The van der Waals surface area contributed by atoms with Crippen LogP contribution in [0.15, 0.2) is 35.3 Å². The number of carbonyl (C=O) groups excluding carboxylic acids is 5. The minimum atomic E-state index is -1.43. The molecule has 1 heterocycles. The molecule has 232 valence electrons. The summed E-state index contributed by atoms with van der Waals surface area (Å²) >= 11 is 0.